The highest BCUT2D eigenvalue weighted by molar-refractivity contribution is 9.10. The Morgan fingerprint density at radius 2 is 1.75 bits per heavy atom. The van der Waals surface area contributed by atoms with E-state index >= 15 is 0 Å². The zero-order valence-electron chi connectivity index (χ0n) is 8.66. The Balaban J connectivity index is 3.32. The van der Waals surface area contributed by atoms with Gasteiger partial charge in [-0.3, -0.25) is 0 Å². The lowest BCUT2D eigenvalue weighted by Gasteiger charge is -2.12. The fourth-order valence-corrected chi connectivity index (χ4v) is 3.01. The Labute approximate surface area is 107 Å². The summed E-state index contributed by atoms with van der Waals surface area (Å²) in [6.07, 6.45) is 0. The topological polar surface area (TPSA) is 52.6 Å². The molecule has 0 aliphatic heterocycles. The van der Waals surface area contributed by atoms with Gasteiger partial charge in [0.25, 0.3) is 0 Å². The average Bonchev–Trinajstić information content (AvgIpc) is 2.19. The molecule has 0 saturated heterocycles. The number of halogens is 2. The largest absolute Gasteiger partial charge is 0.496 e. The smallest absolute Gasteiger partial charge is 0.236 e. The molecule has 1 rings (SSSR count). The van der Waals surface area contributed by atoms with Crippen LogP contribution in [0.3, 0.4) is 0 Å². The van der Waals surface area contributed by atoms with E-state index in [0.717, 1.165) is 0 Å². The standard InChI is InChI=1S/C9H10BrClO4S/c1-14-7-3-4-8(15-2)9(10)6(7)5-16(11,12)13/h3-4H,5H2,1-2H3. The van der Waals surface area contributed by atoms with E-state index in [2.05, 4.69) is 15.9 Å². The number of methoxy groups -OCH3 is 2. The third kappa shape index (κ3) is 3.26. The van der Waals surface area contributed by atoms with E-state index in [1.54, 1.807) is 12.1 Å². The van der Waals surface area contributed by atoms with Gasteiger partial charge in [-0.2, -0.15) is 0 Å². The van der Waals surface area contributed by atoms with E-state index in [0.29, 0.717) is 21.5 Å². The second-order valence-electron chi connectivity index (χ2n) is 2.95. The predicted octanol–water partition coefficient (Wildman–Crippen LogP) is 2.53. The summed E-state index contributed by atoms with van der Waals surface area (Å²) in [5, 5.41) is 0. The van der Waals surface area contributed by atoms with E-state index in [-0.39, 0.29) is 5.75 Å². The molecular weight excluding hydrogens is 320 g/mol. The van der Waals surface area contributed by atoms with E-state index in [9.17, 15) is 8.42 Å². The number of benzene rings is 1. The molecular formula is C9H10BrClO4S. The molecule has 0 aliphatic carbocycles. The minimum absolute atomic E-state index is 0.324. The van der Waals surface area contributed by atoms with Gasteiger partial charge in [0, 0.05) is 16.2 Å². The summed E-state index contributed by atoms with van der Waals surface area (Å²) in [6, 6.07) is 3.30. The van der Waals surface area contributed by atoms with Crippen LogP contribution in [0.5, 0.6) is 11.5 Å². The summed E-state index contributed by atoms with van der Waals surface area (Å²) in [5.74, 6) is 0.642. The maximum Gasteiger partial charge on any atom is 0.236 e. The van der Waals surface area contributed by atoms with Crippen molar-refractivity contribution in [3.8, 4) is 11.5 Å². The van der Waals surface area contributed by atoms with Crippen LogP contribution in [0.25, 0.3) is 0 Å². The van der Waals surface area contributed by atoms with E-state index in [1.165, 1.54) is 14.2 Å². The Morgan fingerprint density at radius 3 is 2.19 bits per heavy atom. The lowest BCUT2D eigenvalue weighted by atomic mass is 10.2. The van der Waals surface area contributed by atoms with Gasteiger partial charge >= 0.3 is 0 Å². The van der Waals surface area contributed by atoms with Crippen LogP contribution in [0.4, 0.5) is 0 Å². The van der Waals surface area contributed by atoms with Crippen LogP contribution in [0, 0.1) is 0 Å². The zero-order valence-corrected chi connectivity index (χ0v) is 11.8. The van der Waals surface area contributed by atoms with Gasteiger partial charge in [-0.1, -0.05) is 0 Å². The fourth-order valence-electron chi connectivity index (χ4n) is 1.24. The van der Waals surface area contributed by atoms with Gasteiger partial charge in [0.15, 0.2) is 0 Å². The Morgan fingerprint density at radius 1 is 1.25 bits per heavy atom. The van der Waals surface area contributed by atoms with Crippen LogP contribution in [0.2, 0.25) is 0 Å². The molecule has 0 bridgehead atoms. The van der Waals surface area contributed by atoms with Crippen LogP contribution in [0.15, 0.2) is 16.6 Å². The van der Waals surface area contributed by atoms with Crippen molar-refractivity contribution in [3.05, 3.63) is 22.2 Å². The number of rotatable bonds is 4. The van der Waals surface area contributed by atoms with Crippen molar-refractivity contribution in [2.45, 2.75) is 5.75 Å². The predicted molar refractivity (Wildman–Crippen MR) is 65.7 cm³/mol. The van der Waals surface area contributed by atoms with Gasteiger partial charge < -0.3 is 9.47 Å². The normalized spacial score (nSPS) is 11.2. The number of hydrogen-bond acceptors (Lipinski definition) is 4. The molecule has 16 heavy (non-hydrogen) atoms. The molecule has 1 aromatic carbocycles. The molecule has 4 nitrogen and oxygen atoms in total. The number of ether oxygens (including phenoxy) is 2. The first-order valence-electron chi connectivity index (χ1n) is 4.20. The molecule has 0 unspecified atom stereocenters. The molecule has 0 aromatic heterocycles. The molecule has 1 aromatic rings. The van der Waals surface area contributed by atoms with Gasteiger partial charge in [0.05, 0.1) is 24.4 Å². The molecule has 0 spiro atoms. The minimum atomic E-state index is -3.65. The lowest BCUT2D eigenvalue weighted by molar-refractivity contribution is 0.397. The molecule has 0 amide bonds. The Kier molecular flexibility index (Phi) is 4.46. The van der Waals surface area contributed by atoms with Crippen molar-refractivity contribution in [1.82, 2.24) is 0 Å². The third-order valence-corrected chi connectivity index (χ3v) is 3.75. The van der Waals surface area contributed by atoms with Crippen LogP contribution in [0.1, 0.15) is 5.56 Å². The Hall–Kier alpha value is -0.460. The summed E-state index contributed by atoms with van der Waals surface area (Å²) < 4.78 is 32.8. The highest BCUT2D eigenvalue weighted by Crippen LogP contribution is 2.36. The van der Waals surface area contributed by atoms with E-state index in [1.807, 2.05) is 0 Å². The maximum absolute atomic E-state index is 11.1. The van der Waals surface area contributed by atoms with Crippen LogP contribution < -0.4 is 9.47 Å². The zero-order chi connectivity index (χ0) is 12.3. The highest BCUT2D eigenvalue weighted by Gasteiger charge is 2.18. The molecule has 0 N–H and O–H groups in total. The summed E-state index contributed by atoms with van der Waals surface area (Å²) >= 11 is 3.26. The van der Waals surface area contributed by atoms with Gasteiger partial charge in [-0.25, -0.2) is 8.42 Å². The monoisotopic (exact) mass is 328 g/mol. The van der Waals surface area contributed by atoms with Crippen molar-refractivity contribution in [3.63, 3.8) is 0 Å². The lowest BCUT2D eigenvalue weighted by Crippen LogP contribution is -2.01. The number of hydrogen-bond donors (Lipinski definition) is 0. The average molecular weight is 330 g/mol. The molecule has 0 radical (unpaired) electrons. The SMILES string of the molecule is COc1ccc(OC)c(CS(=O)(=O)Cl)c1Br. The molecule has 7 heteroatoms. The van der Waals surface area contributed by atoms with Gasteiger partial charge in [0.2, 0.25) is 9.05 Å². The van der Waals surface area contributed by atoms with Gasteiger partial charge in [-0.15, -0.1) is 0 Å². The maximum atomic E-state index is 11.1. The molecule has 0 atom stereocenters. The van der Waals surface area contributed by atoms with Crippen LogP contribution in [-0.4, -0.2) is 22.6 Å². The van der Waals surface area contributed by atoms with E-state index < -0.39 is 9.05 Å². The second-order valence-corrected chi connectivity index (χ2v) is 6.52. The van der Waals surface area contributed by atoms with Crippen molar-refractivity contribution in [1.29, 1.82) is 0 Å². The summed E-state index contributed by atoms with van der Waals surface area (Å²) in [4.78, 5) is 0. The molecule has 0 saturated carbocycles. The molecule has 0 aliphatic rings. The summed E-state index contributed by atoms with van der Waals surface area (Å²) in [5.41, 5.74) is 0.442. The van der Waals surface area contributed by atoms with Gasteiger partial charge in [0.1, 0.15) is 11.5 Å². The molecule has 0 heterocycles. The van der Waals surface area contributed by atoms with Crippen molar-refractivity contribution < 1.29 is 17.9 Å². The molecule has 0 fully saturated rings. The third-order valence-electron chi connectivity index (χ3n) is 1.92. The van der Waals surface area contributed by atoms with Crippen molar-refractivity contribution >= 4 is 35.7 Å². The van der Waals surface area contributed by atoms with Crippen molar-refractivity contribution in [2.75, 3.05) is 14.2 Å². The van der Waals surface area contributed by atoms with Crippen LogP contribution >= 0.6 is 26.6 Å². The highest BCUT2D eigenvalue weighted by atomic mass is 79.9. The molecule has 90 valence electrons. The first kappa shape index (κ1) is 13.6. The van der Waals surface area contributed by atoms with Crippen molar-refractivity contribution in [2.24, 2.45) is 0 Å². The quantitative estimate of drug-likeness (QED) is 0.797. The van der Waals surface area contributed by atoms with Gasteiger partial charge in [-0.05, 0) is 28.1 Å². The van der Waals surface area contributed by atoms with E-state index in [4.69, 9.17) is 20.2 Å². The second kappa shape index (κ2) is 5.25. The first-order valence-corrected chi connectivity index (χ1v) is 7.48. The first-order chi connectivity index (χ1) is 7.39. The summed E-state index contributed by atoms with van der Waals surface area (Å²) in [7, 11) is 4.52. The Bertz CT molecular complexity index is 487. The minimum Gasteiger partial charge on any atom is -0.496 e. The fraction of sp³-hybridized carbons (Fsp3) is 0.333. The summed E-state index contributed by atoms with van der Waals surface area (Å²) in [6.45, 7) is 0. The van der Waals surface area contributed by atoms with Crippen LogP contribution in [-0.2, 0) is 14.8 Å².